The van der Waals surface area contributed by atoms with Crippen molar-refractivity contribution in [3.8, 4) is 11.5 Å². The highest BCUT2D eigenvalue weighted by Crippen LogP contribution is 2.34. The number of nitrogens with one attached hydrogen (secondary N) is 1. The van der Waals surface area contributed by atoms with Gasteiger partial charge in [-0.3, -0.25) is 5.43 Å². The first kappa shape index (κ1) is 17.0. The summed E-state index contributed by atoms with van der Waals surface area (Å²) in [5.41, 5.74) is 2.42. The predicted octanol–water partition coefficient (Wildman–Crippen LogP) is 4.52. The second-order valence-corrected chi connectivity index (χ2v) is 4.91. The maximum atomic E-state index is 12.6. The number of hydrogen-bond donors (Lipinski definition) is 2. The van der Waals surface area contributed by atoms with Gasteiger partial charge >= 0.3 is 6.18 Å². The van der Waals surface area contributed by atoms with E-state index in [4.69, 9.17) is 16.3 Å². The Kier molecular flexibility index (Phi) is 5.00. The molecule has 0 aliphatic carbocycles. The molecule has 8 heteroatoms. The first-order chi connectivity index (χ1) is 10.8. The first-order valence-corrected chi connectivity index (χ1v) is 6.72. The highest BCUT2D eigenvalue weighted by Gasteiger charge is 2.30. The summed E-state index contributed by atoms with van der Waals surface area (Å²) < 4.78 is 42.7. The lowest BCUT2D eigenvalue weighted by atomic mass is 10.2. The first-order valence-electron chi connectivity index (χ1n) is 6.34. The summed E-state index contributed by atoms with van der Waals surface area (Å²) in [5, 5.41) is 13.5. The molecule has 23 heavy (non-hydrogen) atoms. The fourth-order valence-electron chi connectivity index (χ4n) is 1.77. The van der Waals surface area contributed by atoms with Gasteiger partial charge in [-0.05, 0) is 35.9 Å². The molecule has 0 atom stereocenters. The number of benzene rings is 2. The van der Waals surface area contributed by atoms with Gasteiger partial charge in [0.2, 0.25) is 0 Å². The molecule has 2 rings (SSSR count). The van der Waals surface area contributed by atoms with E-state index < -0.39 is 11.7 Å². The van der Waals surface area contributed by atoms with Gasteiger partial charge in [-0.25, -0.2) is 0 Å². The third-order valence-electron chi connectivity index (χ3n) is 2.87. The third-order valence-corrected chi connectivity index (χ3v) is 3.16. The minimum atomic E-state index is -4.42. The molecule has 0 spiro atoms. The van der Waals surface area contributed by atoms with E-state index in [0.29, 0.717) is 5.56 Å². The summed E-state index contributed by atoms with van der Waals surface area (Å²) in [6.45, 7) is 0. The zero-order chi connectivity index (χ0) is 17.0. The zero-order valence-corrected chi connectivity index (χ0v) is 12.6. The van der Waals surface area contributed by atoms with E-state index in [0.717, 1.165) is 12.1 Å². The SMILES string of the molecule is COc1cc(C=NNc2cccc(C(F)(F)F)c2)cc(Cl)c1O. The highest BCUT2D eigenvalue weighted by atomic mass is 35.5. The van der Waals surface area contributed by atoms with Crippen molar-refractivity contribution in [1.29, 1.82) is 0 Å². The normalized spacial score (nSPS) is 11.7. The number of methoxy groups -OCH3 is 1. The Morgan fingerprint density at radius 2 is 2.00 bits per heavy atom. The Hall–Kier alpha value is -2.41. The van der Waals surface area contributed by atoms with E-state index in [1.54, 1.807) is 0 Å². The van der Waals surface area contributed by atoms with E-state index in [2.05, 4.69) is 10.5 Å². The van der Waals surface area contributed by atoms with Crippen LogP contribution in [-0.2, 0) is 6.18 Å². The molecular formula is C15H12ClF3N2O2. The van der Waals surface area contributed by atoms with Gasteiger partial charge in [-0.15, -0.1) is 0 Å². The lowest BCUT2D eigenvalue weighted by Gasteiger charge is -2.08. The highest BCUT2D eigenvalue weighted by molar-refractivity contribution is 6.32. The van der Waals surface area contributed by atoms with Crippen molar-refractivity contribution in [2.75, 3.05) is 12.5 Å². The smallest absolute Gasteiger partial charge is 0.416 e. The third kappa shape index (κ3) is 4.29. The van der Waals surface area contributed by atoms with Crippen LogP contribution in [0.2, 0.25) is 5.02 Å². The second-order valence-electron chi connectivity index (χ2n) is 4.50. The molecule has 0 saturated carbocycles. The Morgan fingerprint density at radius 1 is 1.26 bits per heavy atom. The van der Waals surface area contributed by atoms with E-state index in [1.807, 2.05) is 0 Å². The molecule has 0 amide bonds. The molecule has 2 N–H and O–H groups in total. The number of hydrazone groups is 1. The van der Waals surface area contributed by atoms with Gasteiger partial charge < -0.3 is 9.84 Å². The minimum absolute atomic E-state index is 0.0740. The molecule has 122 valence electrons. The Labute approximate surface area is 135 Å². The summed E-state index contributed by atoms with van der Waals surface area (Å²) in [4.78, 5) is 0. The molecule has 0 aliphatic rings. The van der Waals surface area contributed by atoms with Crippen molar-refractivity contribution in [2.24, 2.45) is 5.10 Å². The monoisotopic (exact) mass is 344 g/mol. The topological polar surface area (TPSA) is 53.8 Å². The van der Waals surface area contributed by atoms with E-state index >= 15 is 0 Å². The van der Waals surface area contributed by atoms with Gasteiger partial charge in [-0.2, -0.15) is 18.3 Å². The number of rotatable bonds is 4. The average Bonchev–Trinajstić information content (AvgIpc) is 2.50. The molecule has 0 heterocycles. The molecule has 2 aromatic carbocycles. The molecule has 4 nitrogen and oxygen atoms in total. The van der Waals surface area contributed by atoms with E-state index in [9.17, 15) is 18.3 Å². The molecule has 0 radical (unpaired) electrons. The number of alkyl halides is 3. The summed E-state index contributed by atoms with van der Waals surface area (Å²) >= 11 is 5.83. The van der Waals surface area contributed by atoms with Gasteiger partial charge in [0.1, 0.15) is 0 Å². The molecule has 0 bridgehead atoms. The molecule has 0 aliphatic heterocycles. The molecule has 0 fully saturated rings. The number of aromatic hydroxyl groups is 1. The van der Waals surface area contributed by atoms with Crippen molar-refractivity contribution in [2.45, 2.75) is 6.18 Å². The number of phenols is 1. The van der Waals surface area contributed by atoms with Crippen LogP contribution in [0.25, 0.3) is 0 Å². The van der Waals surface area contributed by atoms with Crippen LogP contribution in [0.5, 0.6) is 11.5 Å². The number of phenolic OH excluding ortho intramolecular Hbond substituents is 1. The number of nitrogens with zero attached hydrogens (tertiary/aromatic N) is 1. The minimum Gasteiger partial charge on any atom is -0.503 e. The Bertz CT molecular complexity index is 733. The Morgan fingerprint density at radius 3 is 2.65 bits per heavy atom. The summed E-state index contributed by atoms with van der Waals surface area (Å²) in [6, 6.07) is 7.58. The van der Waals surface area contributed by atoms with E-state index in [-0.39, 0.29) is 22.2 Å². The van der Waals surface area contributed by atoms with Crippen LogP contribution in [0.3, 0.4) is 0 Å². The van der Waals surface area contributed by atoms with Crippen LogP contribution < -0.4 is 10.2 Å². The average molecular weight is 345 g/mol. The van der Waals surface area contributed by atoms with Gasteiger partial charge in [0, 0.05) is 0 Å². The molecule has 0 unspecified atom stereocenters. The van der Waals surface area contributed by atoms with Gasteiger partial charge in [0.15, 0.2) is 11.5 Å². The maximum absolute atomic E-state index is 12.6. The number of halogens is 4. The summed E-state index contributed by atoms with van der Waals surface area (Å²) in [5.74, 6) is -0.0322. The van der Waals surface area contributed by atoms with Crippen molar-refractivity contribution >= 4 is 23.5 Å². The Balaban J connectivity index is 2.15. The van der Waals surface area contributed by atoms with Crippen LogP contribution in [0.15, 0.2) is 41.5 Å². The fraction of sp³-hybridized carbons (Fsp3) is 0.133. The van der Waals surface area contributed by atoms with Crippen molar-refractivity contribution in [1.82, 2.24) is 0 Å². The standard InChI is InChI=1S/C15H12ClF3N2O2/c1-23-13-6-9(5-12(16)14(13)22)8-20-21-11-4-2-3-10(7-11)15(17,18)19/h2-8,21-22H,1H3. The quantitative estimate of drug-likeness (QED) is 0.633. The van der Waals surface area contributed by atoms with Gasteiger partial charge in [-0.1, -0.05) is 17.7 Å². The molecule has 0 saturated heterocycles. The molecule has 2 aromatic rings. The lowest BCUT2D eigenvalue weighted by Crippen LogP contribution is -2.05. The van der Waals surface area contributed by atoms with Gasteiger partial charge in [0.05, 0.1) is 29.6 Å². The van der Waals surface area contributed by atoms with Crippen LogP contribution in [0.4, 0.5) is 18.9 Å². The van der Waals surface area contributed by atoms with Crippen LogP contribution in [0.1, 0.15) is 11.1 Å². The predicted molar refractivity (Wildman–Crippen MR) is 82.3 cm³/mol. The molecule has 0 aromatic heterocycles. The van der Waals surface area contributed by atoms with E-state index in [1.165, 1.54) is 37.6 Å². The molecular weight excluding hydrogens is 333 g/mol. The van der Waals surface area contributed by atoms with Crippen molar-refractivity contribution < 1.29 is 23.0 Å². The fourth-order valence-corrected chi connectivity index (χ4v) is 1.99. The largest absolute Gasteiger partial charge is 0.503 e. The van der Waals surface area contributed by atoms with Crippen LogP contribution in [0, 0.1) is 0 Å². The number of anilines is 1. The number of ether oxygens (including phenoxy) is 1. The van der Waals surface area contributed by atoms with Crippen LogP contribution in [-0.4, -0.2) is 18.4 Å². The van der Waals surface area contributed by atoms with Crippen LogP contribution >= 0.6 is 11.6 Å². The second kappa shape index (κ2) is 6.78. The van der Waals surface area contributed by atoms with Gasteiger partial charge in [0.25, 0.3) is 0 Å². The maximum Gasteiger partial charge on any atom is 0.416 e. The number of hydrogen-bond acceptors (Lipinski definition) is 4. The summed E-state index contributed by atoms with van der Waals surface area (Å²) in [6.07, 6.45) is -3.08. The lowest BCUT2D eigenvalue weighted by molar-refractivity contribution is -0.137. The van der Waals surface area contributed by atoms with Crippen molar-refractivity contribution in [3.63, 3.8) is 0 Å². The zero-order valence-electron chi connectivity index (χ0n) is 11.9. The van der Waals surface area contributed by atoms with Crippen molar-refractivity contribution in [3.05, 3.63) is 52.5 Å². The summed E-state index contributed by atoms with van der Waals surface area (Å²) in [7, 11) is 1.37.